The number of carbonyl (C=O) groups is 1. The van der Waals surface area contributed by atoms with Crippen LogP contribution >= 0.6 is 11.6 Å². The van der Waals surface area contributed by atoms with Gasteiger partial charge in [0.05, 0.1) is 0 Å². The predicted molar refractivity (Wildman–Crippen MR) is 45.9 cm³/mol. The molecule has 1 rings (SSSR count). The van der Waals surface area contributed by atoms with Crippen LogP contribution in [0.4, 0.5) is 4.39 Å². The fourth-order valence-electron chi connectivity index (χ4n) is 0.722. The maximum atomic E-state index is 13.0. The Balaban J connectivity index is 3.02. The van der Waals surface area contributed by atoms with Crippen LogP contribution in [0.1, 0.15) is 5.56 Å². The smallest absolute Gasteiger partial charge is 0.328 e. The monoisotopic (exact) mass is 201 g/mol. The van der Waals surface area contributed by atoms with E-state index in [1.54, 1.807) is 0 Å². The van der Waals surface area contributed by atoms with Gasteiger partial charge in [-0.1, -0.05) is 11.6 Å². The van der Waals surface area contributed by atoms with Gasteiger partial charge in [0.2, 0.25) is 0 Å². The molecule has 68 valence electrons. The Kier molecular flexibility index (Phi) is 2.97. The largest absolute Gasteiger partial charge is 0.478 e. The van der Waals surface area contributed by atoms with Crippen LogP contribution in [-0.4, -0.2) is 16.1 Å². The topological polar surface area (TPSA) is 50.2 Å². The Hall–Kier alpha value is -1.42. The number of pyridine rings is 1. The van der Waals surface area contributed by atoms with Gasteiger partial charge in [-0.3, -0.25) is 0 Å². The summed E-state index contributed by atoms with van der Waals surface area (Å²) >= 11 is 5.36. The van der Waals surface area contributed by atoms with Crippen LogP contribution in [0.3, 0.4) is 0 Å². The second-order valence-electron chi connectivity index (χ2n) is 2.18. The Labute approximate surface area is 78.5 Å². The third-order valence-corrected chi connectivity index (χ3v) is 1.55. The molecule has 5 heteroatoms. The van der Waals surface area contributed by atoms with Crippen LogP contribution in [0.15, 0.2) is 18.3 Å². The van der Waals surface area contributed by atoms with Crippen molar-refractivity contribution >= 4 is 23.6 Å². The van der Waals surface area contributed by atoms with Gasteiger partial charge >= 0.3 is 5.97 Å². The van der Waals surface area contributed by atoms with Gasteiger partial charge in [0, 0.05) is 17.8 Å². The number of aliphatic carboxylic acids is 1. The summed E-state index contributed by atoms with van der Waals surface area (Å²) in [5.74, 6) is -1.87. The lowest BCUT2D eigenvalue weighted by Crippen LogP contribution is -1.89. The quantitative estimate of drug-likeness (QED) is 0.588. The molecule has 0 spiro atoms. The molecule has 0 aliphatic heterocycles. The minimum absolute atomic E-state index is 0.0994. The molecule has 0 aromatic carbocycles. The van der Waals surface area contributed by atoms with Gasteiger partial charge in [-0.2, -0.15) is 0 Å². The van der Waals surface area contributed by atoms with E-state index in [1.807, 2.05) is 0 Å². The predicted octanol–water partition coefficient (Wildman–Crippen LogP) is 1.97. The normalized spacial score (nSPS) is 10.6. The van der Waals surface area contributed by atoms with E-state index in [-0.39, 0.29) is 10.7 Å². The minimum Gasteiger partial charge on any atom is -0.478 e. The third-order valence-electron chi connectivity index (χ3n) is 1.28. The Morgan fingerprint density at radius 1 is 1.69 bits per heavy atom. The molecule has 13 heavy (non-hydrogen) atoms. The molecule has 0 saturated carbocycles. The van der Waals surface area contributed by atoms with Gasteiger partial charge in [0.25, 0.3) is 0 Å². The molecule has 0 radical (unpaired) electrons. The molecule has 0 atom stereocenters. The van der Waals surface area contributed by atoms with Crippen molar-refractivity contribution in [3.8, 4) is 0 Å². The van der Waals surface area contributed by atoms with Crippen molar-refractivity contribution in [2.24, 2.45) is 0 Å². The highest BCUT2D eigenvalue weighted by Gasteiger charge is 2.04. The summed E-state index contributed by atoms with van der Waals surface area (Å²) in [7, 11) is 0. The summed E-state index contributed by atoms with van der Waals surface area (Å²) in [4.78, 5) is 13.6. The molecule has 1 N–H and O–H groups in total. The van der Waals surface area contributed by atoms with Crippen LogP contribution in [0.2, 0.25) is 5.15 Å². The highest BCUT2D eigenvalue weighted by molar-refractivity contribution is 6.29. The van der Waals surface area contributed by atoms with Crippen LogP contribution in [-0.2, 0) is 4.79 Å². The third kappa shape index (κ3) is 2.52. The number of carboxylic acids is 1. The molecular weight excluding hydrogens is 197 g/mol. The van der Waals surface area contributed by atoms with Crippen LogP contribution in [0.25, 0.3) is 6.08 Å². The zero-order valence-electron chi connectivity index (χ0n) is 6.37. The number of hydrogen-bond donors (Lipinski definition) is 1. The second kappa shape index (κ2) is 4.00. The molecule has 0 fully saturated rings. The second-order valence-corrected chi connectivity index (χ2v) is 2.53. The number of aromatic nitrogens is 1. The molecule has 1 aromatic heterocycles. The summed E-state index contributed by atoms with van der Waals surface area (Å²) in [6, 6.07) is 1.33. The van der Waals surface area contributed by atoms with Crippen LogP contribution in [0, 0.1) is 5.82 Å². The van der Waals surface area contributed by atoms with Crippen molar-refractivity contribution in [2.45, 2.75) is 0 Å². The van der Waals surface area contributed by atoms with Crippen LogP contribution in [0.5, 0.6) is 0 Å². The SMILES string of the molecule is O=C(O)C=Cc1ccnc(Cl)c1F. The zero-order chi connectivity index (χ0) is 9.84. The van der Waals surface area contributed by atoms with Crippen molar-refractivity contribution in [3.05, 3.63) is 34.9 Å². The summed E-state index contributed by atoms with van der Waals surface area (Å²) in [6.45, 7) is 0. The van der Waals surface area contributed by atoms with Crippen molar-refractivity contribution in [1.29, 1.82) is 0 Å². The van der Waals surface area contributed by atoms with Gasteiger partial charge in [-0.15, -0.1) is 0 Å². The molecule has 0 unspecified atom stereocenters. The van der Waals surface area contributed by atoms with Gasteiger partial charge in [-0.25, -0.2) is 14.2 Å². The number of carboxylic acid groups (broad SMARTS) is 1. The van der Waals surface area contributed by atoms with E-state index < -0.39 is 11.8 Å². The van der Waals surface area contributed by atoms with E-state index in [4.69, 9.17) is 16.7 Å². The maximum Gasteiger partial charge on any atom is 0.328 e. The standard InChI is InChI=1S/C8H5ClFNO2/c9-8-7(10)5(3-4-11-8)1-2-6(12)13/h1-4H,(H,12,13). The maximum absolute atomic E-state index is 13.0. The summed E-state index contributed by atoms with van der Waals surface area (Å²) in [5, 5.41) is 8.01. The average Bonchev–Trinajstić information content (AvgIpc) is 2.07. The summed E-state index contributed by atoms with van der Waals surface area (Å²) < 4.78 is 13.0. The lowest BCUT2D eigenvalue weighted by atomic mass is 10.2. The fourth-order valence-corrected chi connectivity index (χ4v) is 0.887. The molecule has 3 nitrogen and oxygen atoms in total. The van der Waals surface area contributed by atoms with Crippen molar-refractivity contribution in [2.75, 3.05) is 0 Å². The van der Waals surface area contributed by atoms with Crippen molar-refractivity contribution < 1.29 is 14.3 Å². The number of halogens is 2. The Morgan fingerprint density at radius 3 is 3.00 bits per heavy atom. The average molecular weight is 202 g/mol. The molecule has 0 saturated heterocycles. The van der Waals surface area contributed by atoms with E-state index in [1.165, 1.54) is 12.3 Å². The first-order valence-corrected chi connectivity index (χ1v) is 3.70. The first-order chi connectivity index (χ1) is 6.11. The zero-order valence-corrected chi connectivity index (χ0v) is 7.12. The fraction of sp³-hybridized carbons (Fsp3) is 0. The van der Waals surface area contributed by atoms with E-state index in [0.717, 1.165) is 12.2 Å². The first kappa shape index (κ1) is 9.67. The Bertz CT molecular complexity index is 365. The molecular formula is C8H5ClFNO2. The first-order valence-electron chi connectivity index (χ1n) is 3.32. The Morgan fingerprint density at radius 2 is 2.38 bits per heavy atom. The summed E-state index contributed by atoms with van der Waals surface area (Å²) in [6.07, 6.45) is 3.24. The molecule has 0 amide bonds. The number of nitrogens with zero attached hydrogens (tertiary/aromatic N) is 1. The van der Waals surface area contributed by atoms with Gasteiger partial charge in [0.15, 0.2) is 11.0 Å². The van der Waals surface area contributed by atoms with E-state index in [2.05, 4.69) is 4.98 Å². The van der Waals surface area contributed by atoms with E-state index in [9.17, 15) is 9.18 Å². The summed E-state index contributed by atoms with van der Waals surface area (Å²) in [5.41, 5.74) is 0.0994. The molecule has 0 aliphatic carbocycles. The lowest BCUT2D eigenvalue weighted by Gasteiger charge is -1.96. The van der Waals surface area contributed by atoms with Gasteiger partial charge < -0.3 is 5.11 Å². The van der Waals surface area contributed by atoms with E-state index in [0.29, 0.717) is 0 Å². The lowest BCUT2D eigenvalue weighted by molar-refractivity contribution is -0.131. The number of rotatable bonds is 2. The van der Waals surface area contributed by atoms with Crippen molar-refractivity contribution in [3.63, 3.8) is 0 Å². The van der Waals surface area contributed by atoms with Crippen molar-refractivity contribution in [1.82, 2.24) is 4.98 Å². The van der Waals surface area contributed by atoms with E-state index >= 15 is 0 Å². The molecule has 0 aliphatic rings. The number of hydrogen-bond acceptors (Lipinski definition) is 2. The molecule has 0 bridgehead atoms. The van der Waals surface area contributed by atoms with Gasteiger partial charge in [0.1, 0.15) is 0 Å². The van der Waals surface area contributed by atoms with Gasteiger partial charge in [-0.05, 0) is 12.1 Å². The highest BCUT2D eigenvalue weighted by atomic mass is 35.5. The minimum atomic E-state index is -1.15. The van der Waals surface area contributed by atoms with Crippen LogP contribution < -0.4 is 0 Å². The highest BCUT2D eigenvalue weighted by Crippen LogP contribution is 2.15. The molecule has 1 heterocycles. The molecule has 1 aromatic rings.